The largest absolute Gasteiger partial charge is 0.494 e. The fraction of sp³-hybridized carbons (Fsp3) is 0.0909. The molecule has 0 amide bonds. The van der Waals surface area contributed by atoms with Crippen LogP contribution in [0.5, 0.6) is 11.5 Å². The lowest BCUT2D eigenvalue weighted by molar-refractivity contribution is 0.304. The van der Waals surface area contributed by atoms with Crippen molar-refractivity contribution in [2.45, 2.75) is 6.61 Å². The van der Waals surface area contributed by atoms with Gasteiger partial charge in [-0.25, -0.2) is 8.78 Å². The molecule has 0 aliphatic carbocycles. The second kappa shape index (κ2) is 7.99. The van der Waals surface area contributed by atoms with Crippen molar-refractivity contribution in [3.8, 4) is 22.6 Å². The Morgan fingerprint density at radius 3 is 2.30 bits per heavy atom. The fourth-order valence-corrected chi connectivity index (χ4v) is 2.62. The Kier molecular flexibility index (Phi) is 5.50. The molecular weight excluding hydrogens is 353 g/mol. The van der Waals surface area contributed by atoms with Gasteiger partial charge >= 0.3 is 0 Å². The lowest BCUT2D eigenvalue weighted by Crippen LogP contribution is -1.97. The van der Waals surface area contributed by atoms with Gasteiger partial charge in [0.15, 0.2) is 11.6 Å². The minimum absolute atomic E-state index is 0.142. The van der Waals surface area contributed by atoms with Gasteiger partial charge in [-0.15, -0.1) is 0 Å². The monoisotopic (exact) mass is 370 g/mol. The summed E-state index contributed by atoms with van der Waals surface area (Å²) in [6.07, 6.45) is 1.43. The van der Waals surface area contributed by atoms with Gasteiger partial charge in [0.25, 0.3) is 0 Å². The molecule has 0 N–H and O–H groups in total. The third kappa shape index (κ3) is 3.97. The first-order chi connectivity index (χ1) is 13.0. The molecule has 3 rings (SSSR count). The van der Waals surface area contributed by atoms with Crippen molar-refractivity contribution < 1.29 is 22.6 Å². The summed E-state index contributed by atoms with van der Waals surface area (Å²) in [4.78, 5) is 0. The van der Waals surface area contributed by atoms with Crippen LogP contribution in [0.3, 0.4) is 0 Å². The highest BCUT2D eigenvalue weighted by Crippen LogP contribution is 2.30. The van der Waals surface area contributed by atoms with Crippen molar-refractivity contribution in [3.05, 3.63) is 89.8 Å². The molecule has 2 nitrogen and oxygen atoms in total. The van der Waals surface area contributed by atoms with Crippen molar-refractivity contribution in [2.75, 3.05) is 7.11 Å². The van der Waals surface area contributed by atoms with Crippen LogP contribution in [0, 0.1) is 17.5 Å². The number of rotatable bonds is 6. The van der Waals surface area contributed by atoms with E-state index in [9.17, 15) is 13.2 Å². The lowest BCUT2D eigenvalue weighted by Gasteiger charge is -2.10. The molecule has 5 heteroatoms. The summed E-state index contributed by atoms with van der Waals surface area (Å²) >= 11 is 0. The Labute approximate surface area is 155 Å². The smallest absolute Gasteiger partial charge is 0.201 e. The summed E-state index contributed by atoms with van der Waals surface area (Å²) in [5, 5.41) is 0. The lowest BCUT2D eigenvalue weighted by atomic mass is 10.0. The van der Waals surface area contributed by atoms with E-state index >= 15 is 0 Å². The molecule has 0 saturated heterocycles. The first kappa shape index (κ1) is 18.6. The summed E-state index contributed by atoms with van der Waals surface area (Å²) in [6, 6.07) is 14.2. The number of hydrogen-bond acceptors (Lipinski definition) is 2. The zero-order chi connectivity index (χ0) is 19.4. The van der Waals surface area contributed by atoms with Crippen molar-refractivity contribution in [1.29, 1.82) is 0 Å². The minimum atomic E-state index is -1.02. The first-order valence-corrected chi connectivity index (χ1v) is 8.19. The number of halogens is 3. The molecule has 0 aromatic heterocycles. The maximum absolute atomic E-state index is 14.2. The molecule has 0 spiro atoms. The predicted molar refractivity (Wildman–Crippen MR) is 99.2 cm³/mol. The van der Waals surface area contributed by atoms with Crippen molar-refractivity contribution >= 4 is 6.08 Å². The third-order valence-corrected chi connectivity index (χ3v) is 4.13. The maximum atomic E-state index is 14.2. The Hall–Kier alpha value is -3.21. The van der Waals surface area contributed by atoms with Crippen LogP contribution in [-0.2, 0) is 6.61 Å². The zero-order valence-corrected chi connectivity index (χ0v) is 14.6. The van der Waals surface area contributed by atoms with Crippen LogP contribution >= 0.6 is 0 Å². The van der Waals surface area contributed by atoms with Gasteiger partial charge in [0.1, 0.15) is 18.2 Å². The van der Waals surface area contributed by atoms with Gasteiger partial charge in [0, 0.05) is 17.2 Å². The second-order valence-electron chi connectivity index (χ2n) is 5.82. The van der Waals surface area contributed by atoms with E-state index in [1.165, 1.54) is 31.4 Å². The average Bonchev–Trinajstić information content (AvgIpc) is 2.69. The van der Waals surface area contributed by atoms with Gasteiger partial charge in [-0.1, -0.05) is 36.9 Å². The maximum Gasteiger partial charge on any atom is 0.201 e. The first-order valence-electron chi connectivity index (χ1n) is 8.19. The summed E-state index contributed by atoms with van der Waals surface area (Å²) in [7, 11) is 1.28. The van der Waals surface area contributed by atoms with Gasteiger partial charge in [-0.2, -0.15) is 4.39 Å². The van der Waals surface area contributed by atoms with Crippen LogP contribution in [0.15, 0.2) is 61.2 Å². The van der Waals surface area contributed by atoms with Gasteiger partial charge in [0.05, 0.1) is 7.11 Å². The zero-order valence-electron chi connectivity index (χ0n) is 14.6. The molecule has 0 aliphatic heterocycles. The molecule has 0 fully saturated rings. The van der Waals surface area contributed by atoms with E-state index in [2.05, 4.69) is 6.58 Å². The average molecular weight is 370 g/mol. The number of benzene rings is 3. The van der Waals surface area contributed by atoms with Gasteiger partial charge in [-0.3, -0.25) is 0 Å². The highest BCUT2D eigenvalue weighted by Gasteiger charge is 2.15. The Morgan fingerprint density at radius 1 is 0.926 bits per heavy atom. The quantitative estimate of drug-likeness (QED) is 0.530. The molecule has 27 heavy (non-hydrogen) atoms. The molecular formula is C22H17F3O2. The van der Waals surface area contributed by atoms with Crippen LogP contribution in [0.4, 0.5) is 13.2 Å². The SMILES string of the molecule is C=Cc1ccc(OCc2ccc(-c3ccc(OC)c(F)c3F)cc2)cc1F. The van der Waals surface area contributed by atoms with Gasteiger partial charge in [-0.05, 0) is 35.4 Å². The molecule has 138 valence electrons. The highest BCUT2D eigenvalue weighted by atomic mass is 19.2. The Bertz CT molecular complexity index is 966. The van der Waals surface area contributed by atoms with E-state index in [4.69, 9.17) is 9.47 Å². The summed E-state index contributed by atoms with van der Waals surface area (Å²) in [5.41, 5.74) is 1.88. The number of methoxy groups -OCH3 is 1. The van der Waals surface area contributed by atoms with E-state index in [-0.39, 0.29) is 17.9 Å². The summed E-state index contributed by atoms with van der Waals surface area (Å²) in [5.74, 6) is -2.14. The molecule has 0 bridgehead atoms. The minimum Gasteiger partial charge on any atom is -0.494 e. The molecule has 0 radical (unpaired) electrons. The van der Waals surface area contributed by atoms with Crippen LogP contribution in [0.2, 0.25) is 0 Å². The van der Waals surface area contributed by atoms with Crippen LogP contribution in [-0.4, -0.2) is 7.11 Å². The van der Waals surface area contributed by atoms with E-state index in [0.717, 1.165) is 5.56 Å². The Balaban J connectivity index is 1.73. The van der Waals surface area contributed by atoms with Gasteiger partial charge in [0.2, 0.25) is 5.82 Å². The highest BCUT2D eigenvalue weighted by molar-refractivity contribution is 5.65. The molecule has 0 heterocycles. The third-order valence-electron chi connectivity index (χ3n) is 4.13. The van der Waals surface area contributed by atoms with E-state index < -0.39 is 17.5 Å². The van der Waals surface area contributed by atoms with Crippen molar-refractivity contribution in [1.82, 2.24) is 0 Å². The molecule has 0 unspecified atom stereocenters. The molecule has 0 atom stereocenters. The summed E-state index contributed by atoms with van der Waals surface area (Å²) < 4.78 is 52.1. The van der Waals surface area contributed by atoms with Crippen LogP contribution in [0.25, 0.3) is 17.2 Å². The summed E-state index contributed by atoms with van der Waals surface area (Å²) in [6.45, 7) is 3.75. The Morgan fingerprint density at radius 2 is 1.67 bits per heavy atom. The van der Waals surface area contributed by atoms with Crippen LogP contribution < -0.4 is 9.47 Å². The standard InChI is InChI=1S/C22H17F3O2/c1-3-15-8-9-17(12-19(15)23)27-13-14-4-6-16(7-5-14)18-10-11-20(26-2)22(25)21(18)24/h3-12H,1,13H2,2H3. The predicted octanol–water partition coefficient (Wildman–Crippen LogP) is 6.00. The normalized spacial score (nSPS) is 10.5. The second-order valence-corrected chi connectivity index (χ2v) is 5.82. The molecule has 0 aliphatic rings. The number of ether oxygens (including phenoxy) is 2. The van der Waals surface area contributed by atoms with Gasteiger partial charge < -0.3 is 9.47 Å². The topological polar surface area (TPSA) is 18.5 Å². The molecule has 3 aromatic rings. The molecule has 0 saturated carbocycles. The van der Waals surface area contributed by atoms with Crippen molar-refractivity contribution in [3.63, 3.8) is 0 Å². The van der Waals surface area contributed by atoms with E-state index in [1.54, 1.807) is 36.4 Å². The van der Waals surface area contributed by atoms with Crippen LogP contribution in [0.1, 0.15) is 11.1 Å². The van der Waals surface area contributed by atoms with E-state index in [1.807, 2.05) is 0 Å². The van der Waals surface area contributed by atoms with Crippen molar-refractivity contribution in [2.24, 2.45) is 0 Å². The fourth-order valence-electron chi connectivity index (χ4n) is 2.62. The molecule has 3 aromatic carbocycles. The van der Waals surface area contributed by atoms with E-state index in [0.29, 0.717) is 16.9 Å². The number of hydrogen-bond donors (Lipinski definition) is 0.